The molecule has 3 N–H and O–H groups in total. The van der Waals surface area contributed by atoms with E-state index in [0.717, 1.165) is 17.7 Å². The summed E-state index contributed by atoms with van der Waals surface area (Å²) in [5.41, 5.74) is 2.67. The van der Waals surface area contributed by atoms with Crippen LogP contribution in [-0.2, 0) is 10.0 Å². The van der Waals surface area contributed by atoms with Gasteiger partial charge in [-0.3, -0.25) is 0 Å². The largest absolute Gasteiger partial charge is 0.324 e. The van der Waals surface area contributed by atoms with Gasteiger partial charge >= 0.3 is 0 Å². The van der Waals surface area contributed by atoms with E-state index in [9.17, 15) is 12.8 Å². The minimum Gasteiger partial charge on any atom is -0.324 e. The third-order valence-corrected chi connectivity index (χ3v) is 5.51. The van der Waals surface area contributed by atoms with Gasteiger partial charge in [0.1, 0.15) is 5.82 Å². The Bertz CT molecular complexity index is 1070. The fourth-order valence-corrected chi connectivity index (χ4v) is 3.61. The number of nitrogens with two attached hydrogens (primary N) is 1. The minimum atomic E-state index is -3.68. The van der Waals surface area contributed by atoms with Gasteiger partial charge in [0.2, 0.25) is 16.0 Å². The molecule has 1 saturated carbocycles. The number of nitrogens with one attached hydrogen (secondary N) is 1. The number of primary sulfonamides is 1. The molecular formula is C19H17FN4O2S. The number of nitrogens with zero attached hydrogens (tertiary/aromatic N) is 2. The van der Waals surface area contributed by atoms with Gasteiger partial charge in [0, 0.05) is 23.5 Å². The Morgan fingerprint density at radius 1 is 1.00 bits per heavy atom. The van der Waals surface area contributed by atoms with Crippen molar-refractivity contribution in [3.8, 4) is 0 Å². The topological polar surface area (TPSA) is 98.0 Å². The summed E-state index contributed by atoms with van der Waals surface area (Å²) in [5.74, 6) is 0.689. The van der Waals surface area contributed by atoms with Crippen LogP contribution in [0.5, 0.6) is 0 Å². The molecule has 2 unspecified atom stereocenters. The van der Waals surface area contributed by atoms with Crippen LogP contribution in [0.15, 0.2) is 65.7 Å². The van der Waals surface area contributed by atoms with Crippen molar-refractivity contribution in [2.75, 3.05) is 5.32 Å². The second kappa shape index (κ2) is 6.71. The molecule has 1 aliphatic carbocycles. The lowest BCUT2D eigenvalue weighted by atomic mass is 10.1. The van der Waals surface area contributed by atoms with E-state index in [0.29, 0.717) is 11.6 Å². The van der Waals surface area contributed by atoms with E-state index in [1.807, 2.05) is 6.07 Å². The zero-order valence-corrected chi connectivity index (χ0v) is 15.0. The Balaban J connectivity index is 1.48. The van der Waals surface area contributed by atoms with Gasteiger partial charge in [-0.15, -0.1) is 0 Å². The van der Waals surface area contributed by atoms with Gasteiger partial charge in [-0.2, -0.15) is 0 Å². The minimum absolute atomic E-state index is 0.108. The number of halogens is 1. The molecule has 0 amide bonds. The normalized spacial score (nSPS) is 18.9. The molecular weight excluding hydrogens is 367 g/mol. The van der Waals surface area contributed by atoms with Crippen LogP contribution in [0.3, 0.4) is 0 Å². The van der Waals surface area contributed by atoms with Gasteiger partial charge < -0.3 is 5.32 Å². The molecule has 3 aromatic rings. The molecule has 2 atom stereocenters. The summed E-state index contributed by atoms with van der Waals surface area (Å²) in [7, 11) is -3.68. The molecule has 8 heteroatoms. The van der Waals surface area contributed by atoms with Crippen LogP contribution in [0, 0.1) is 5.82 Å². The Labute approximate surface area is 156 Å². The highest BCUT2D eigenvalue weighted by molar-refractivity contribution is 7.89. The van der Waals surface area contributed by atoms with Crippen molar-refractivity contribution >= 4 is 21.7 Å². The summed E-state index contributed by atoms with van der Waals surface area (Å²) in [6.07, 6.45) is 2.62. The number of aromatic nitrogens is 2. The summed E-state index contributed by atoms with van der Waals surface area (Å²) in [6, 6.07) is 14.5. The van der Waals surface area contributed by atoms with Crippen LogP contribution in [0.1, 0.15) is 29.5 Å². The van der Waals surface area contributed by atoms with Crippen LogP contribution in [-0.4, -0.2) is 18.4 Å². The standard InChI is InChI=1S/C19H17FN4O2S/c20-13-3-5-14(6-4-13)23-19-22-10-9-18(24-19)17-11-16(17)12-1-7-15(8-2-12)27(21,25)26/h1-10,16-17H,11H2,(H2,21,25,26)(H,22,23,24). The number of anilines is 2. The maximum absolute atomic E-state index is 13.0. The van der Waals surface area contributed by atoms with Crippen LogP contribution in [0.25, 0.3) is 0 Å². The van der Waals surface area contributed by atoms with Gasteiger partial charge in [-0.1, -0.05) is 12.1 Å². The fraction of sp³-hybridized carbons (Fsp3) is 0.158. The molecule has 138 valence electrons. The predicted octanol–water partition coefficient (Wildman–Crippen LogP) is 3.28. The van der Waals surface area contributed by atoms with Crippen molar-refractivity contribution in [1.29, 1.82) is 0 Å². The van der Waals surface area contributed by atoms with Gasteiger partial charge in [0.15, 0.2) is 0 Å². The van der Waals surface area contributed by atoms with E-state index in [-0.39, 0.29) is 22.5 Å². The Kier molecular flexibility index (Phi) is 4.37. The Hall–Kier alpha value is -2.84. The van der Waals surface area contributed by atoms with Crippen molar-refractivity contribution in [3.63, 3.8) is 0 Å². The second-order valence-electron chi connectivity index (χ2n) is 6.50. The molecule has 1 heterocycles. The highest BCUT2D eigenvalue weighted by Gasteiger charge is 2.40. The summed E-state index contributed by atoms with van der Waals surface area (Å²) >= 11 is 0. The third-order valence-electron chi connectivity index (χ3n) is 4.58. The average Bonchev–Trinajstić information content (AvgIpc) is 3.44. The first-order valence-electron chi connectivity index (χ1n) is 8.38. The SMILES string of the molecule is NS(=O)(=O)c1ccc(C2CC2c2ccnc(Nc3ccc(F)cc3)n2)cc1. The summed E-state index contributed by atoms with van der Waals surface area (Å²) < 4.78 is 35.7. The number of hydrogen-bond donors (Lipinski definition) is 2. The summed E-state index contributed by atoms with van der Waals surface area (Å²) in [4.78, 5) is 8.87. The van der Waals surface area contributed by atoms with Crippen LogP contribution in [0.4, 0.5) is 16.0 Å². The zero-order valence-electron chi connectivity index (χ0n) is 14.2. The Morgan fingerprint density at radius 2 is 1.70 bits per heavy atom. The molecule has 1 aliphatic rings. The quantitative estimate of drug-likeness (QED) is 0.703. The molecule has 1 fully saturated rings. The van der Waals surface area contributed by atoms with E-state index in [1.165, 1.54) is 24.3 Å². The molecule has 27 heavy (non-hydrogen) atoms. The zero-order chi connectivity index (χ0) is 19.0. The van der Waals surface area contributed by atoms with E-state index < -0.39 is 10.0 Å². The van der Waals surface area contributed by atoms with E-state index >= 15 is 0 Å². The van der Waals surface area contributed by atoms with Gasteiger partial charge in [-0.25, -0.2) is 27.9 Å². The number of hydrogen-bond acceptors (Lipinski definition) is 5. The lowest BCUT2D eigenvalue weighted by molar-refractivity contribution is 0.597. The Morgan fingerprint density at radius 3 is 2.37 bits per heavy atom. The lowest BCUT2D eigenvalue weighted by Crippen LogP contribution is -2.11. The smallest absolute Gasteiger partial charge is 0.238 e. The third kappa shape index (κ3) is 3.96. The monoisotopic (exact) mass is 384 g/mol. The highest BCUT2D eigenvalue weighted by Crippen LogP contribution is 2.54. The van der Waals surface area contributed by atoms with Gasteiger partial charge in [0.05, 0.1) is 4.90 Å². The number of rotatable bonds is 5. The highest BCUT2D eigenvalue weighted by atomic mass is 32.2. The van der Waals surface area contributed by atoms with Crippen molar-refractivity contribution in [2.24, 2.45) is 5.14 Å². The summed E-state index contributed by atoms with van der Waals surface area (Å²) in [5, 5.41) is 8.20. The number of sulfonamides is 1. The molecule has 0 saturated heterocycles. The lowest BCUT2D eigenvalue weighted by Gasteiger charge is -2.07. The van der Waals surface area contributed by atoms with Crippen LogP contribution >= 0.6 is 0 Å². The molecule has 0 radical (unpaired) electrons. The van der Waals surface area contributed by atoms with E-state index in [4.69, 9.17) is 5.14 Å². The van der Waals surface area contributed by atoms with E-state index in [2.05, 4.69) is 15.3 Å². The molecule has 4 rings (SSSR count). The van der Waals surface area contributed by atoms with Crippen molar-refractivity contribution < 1.29 is 12.8 Å². The number of benzene rings is 2. The second-order valence-corrected chi connectivity index (χ2v) is 8.06. The summed E-state index contributed by atoms with van der Waals surface area (Å²) in [6.45, 7) is 0. The van der Waals surface area contributed by atoms with Gasteiger partial charge in [-0.05, 0) is 60.4 Å². The van der Waals surface area contributed by atoms with Crippen LogP contribution in [0.2, 0.25) is 0 Å². The maximum atomic E-state index is 13.0. The average molecular weight is 384 g/mol. The predicted molar refractivity (Wildman–Crippen MR) is 99.6 cm³/mol. The molecule has 0 spiro atoms. The van der Waals surface area contributed by atoms with Gasteiger partial charge in [0.25, 0.3) is 0 Å². The van der Waals surface area contributed by atoms with Crippen LogP contribution < -0.4 is 10.5 Å². The van der Waals surface area contributed by atoms with Crippen molar-refractivity contribution in [1.82, 2.24) is 9.97 Å². The molecule has 0 bridgehead atoms. The van der Waals surface area contributed by atoms with E-state index in [1.54, 1.807) is 30.5 Å². The molecule has 0 aliphatic heterocycles. The first-order valence-corrected chi connectivity index (χ1v) is 9.93. The first-order chi connectivity index (χ1) is 12.9. The molecule has 2 aromatic carbocycles. The van der Waals surface area contributed by atoms with Crippen molar-refractivity contribution in [3.05, 3.63) is 77.9 Å². The molecule has 6 nitrogen and oxygen atoms in total. The fourth-order valence-electron chi connectivity index (χ4n) is 3.10. The van der Waals surface area contributed by atoms with Crippen molar-refractivity contribution in [2.45, 2.75) is 23.2 Å². The molecule has 1 aromatic heterocycles. The first kappa shape index (κ1) is 17.6. The maximum Gasteiger partial charge on any atom is 0.238 e.